The highest BCUT2D eigenvalue weighted by Crippen LogP contribution is 2.51. The van der Waals surface area contributed by atoms with E-state index in [1.807, 2.05) is 6.92 Å². The van der Waals surface area contributed by atoms with Gasteiger partial charge in [-0.1, -0.05) is 31.2 Å². The highest BCUT2D eigenvalue weighted by atomic mass is 16.7. The number of aliphatic hydroxyl groups is 2. The third-order valence-corrected chi connectivity index (χ3v) is 7.65. The first-order valence-electron chi connectivity index (χ1n) is 12.1. The molecular formula is C27H28O9. The van der Waals surface area contributed by atoms with E-state index in [0.29, 0.717) is 6.42 Å². The fourth-order valence-corrected chi connectivity index (χ4v) is 5.69. The van der Waals surface area contributed by atoms with E-state index in [1.54, 1.807) is 19.1 Å². The summed E-state index contributed by atoms with van der Waals surface area (Å²) in [5.74, 6) is -3.50. The minimum absolute atomic E-state index is 0.0403. The Morgan fingerprint density at radius 1 is 1.03 bits per heavy atom. The van der Waals surface area contributed by atoms with Crippen molar-refractivity contribution in [3.05, 3.63) is 57.6 Å². The topological polar surface area (TPSA) is 151 Å². The molecule has 1 aliphatic heterocycles. The van der Waals surface area contributed by atoms with Crippen molar-refractivity contribution in [2.24, 2.45) is 11.8 Å². The SMILES string of the molecule is CC1C[C@H](OC2CC(C(=O)CO)Cc3c(O)c4c(c(O)c32)C(=O)c2ccccc2C4=O)OC(C)[C@@H]1O. The standard InChI is InChI=1S/C27H28O9/c1-11-7-19(35-12(2)23(11)30)36-18-9-13(17(29)10-28)8-16-20(18)27(34)22-21(26(16)33)24(31)14-5-3-4-6-15(14)25(22)32/h3-6,11-13,18-19,23,28,30,33-34H,7-10H2,1-2H3/t11?,12?,13?,18?,19-,23+/m0/s1. The summed E-state index contributed by atoms with van der Waals surface area (Å²) in [6, 6.07) is 6.18. The monoisotopic (exact) mass is 496 g/mol. The molecule has 0 amide bonds. The number of phenols is 2. The quantitative estimate of drug-likeness (QED) is 0.399. The Hall–Kier alpha value is -3.11. The number of ether oxygens (including phenoxy) is 2. The van der Waals surface area contributed by atoms with E-state index in [0.717, 1.165) is 0 Å². The van der Waals surface area contributed by atoms with Gasteiger partial charge in [-0.05, 0) is 25.7 Å². The lowest BCUT2D eigenvalue weighted by Gasteiger charge is -2.40. The number of fused-ring (bicyclic) bond motifs is 3. The van der Waals surface area contributed by atoms with Gasteiger partial charge in [-0.2, -0.15) is 0 Å². The molecule has 0 aromatic heterocycles. The molecule has 4 unspecified atom stereocenters. The predicted molar refractivity (Wildman–Crippen MR) is 125 cm³/mol. The number of carbonyl (C=O) groups is 3. The Kier molecular flexibility index (Phi) is 6.20. The second-order valence-electron chi connectivity index (χ2n) is 9.90. The van der Waals surface area contributed by atoms with Gasteiger partial charge in [0.05, 0.1) is 29.4 Å². The Balaban J connectivity index is 1.63. The Labute approximate surface area is 207 Å². The zero-order valence-corrected chi connectivity index (χ0v) is 19.9. The van der Waals surface area contributed by atoms with Crippen LogP contribution in [0.5, 0.6) is 11.5 Å². The number of aliphatic hydroxyl groups excluding tert-OH is 2. The van der Waals surface area contributed by atoms with Crippen LogP contribution in [0.3, 0.4) is 0 Å². The molecule has 2 aromatic rings. The van der Waals surface area contributed by atoms with Gasteiger partial charge < -0.3 is 29.9 Å². The second kappa shape index (κ2) is 9.08. The maximum Gasteiger partial charge on any atom is 0.198 e. The van der Waals surface area contributed by atoms with Crippen molar-refractivity contribution in [1.29, 1.82) is 0 Å². The van der Waals surface area contributed by atoms with Gasteiger partial charge in [0.25, 0.3) is 0 Å². The van der Waals surface area contributed by atoms with Gasteiger partial charge in [-0.25, -0.2) is 0 Å². The number of benzene rings is 2. The van der Waals surface area contributed by atoms with Crippen LogP contribution in [0.2, 0.25) is 0 Å². The molecule has 0 radical (unpaired) electrons. The molecule has 3 aliphatic rings. The van der Waals surface area contributed by atoms with Gasteiger partial charge in [0.2, 0.25) is 0 Å². The summed E-state index contributed by atoms with van der Waals surface area (Å²) in [6.45, 7) is 2.86. The Morgan fingerprint density at radius 3 is 2.22 bits per heavy atom. The fraction of sp³-hybridized carbons (Fsp3) is 0.444. The van der Waals surface area contributed by atoms with Crippen LogP contribution < -0.4 is 0 Å². The summed E-state index contributed by atoms with van der Waals surface area (Å²) < 4.78 is 12.0. The number of hydrogen-bond acceptors (Lipinski definition) is 9. The largest absolute Gasteiger partial charge is 0.507 e. The number of hydrogen-bond donors (Lipinski definition) is 4. The molecule has 2 aromatic carbocycles. The average Bonchev–Trinajstić information content (AvgIpc) is 2.87. The molecule has 6 atom stereocenters. The van der Waals surface area contributed by atoms with Gasteiger partial charge in [-0.3, -0.25) is 14.4 Å². The lowest BCUT2D eigenvalue weighted by molar-refractivity contribution is -0.251. The molecule has 1 heterocycles. The number of ketones is 3. The average molecular weight is 497 g/mol. The van der Waals surface area contributed by atoms with Crippen LogP contribution in [-0.2, 0) is 20.7 Å². The summed E-state index contributed by atoms with van der Waals surface area (Å²) in [4.78, 5) is 39.1. The first-order chi connectivity index (χ1) is 17.1. The van der Waals surface area contributed by atoms with Crippen molar-refractivity contribution in [2.75, 3.05) is 6.61 Å². The predicted octanol–water partition coefficient (Wildman–Crippen LogP) is 2.19. The zero-order chi connectivity index (χ0) is 25.9. The number of rotatable bonds is 4. The molecule has 0 bridgehead atoms. The van der Waals surface area contributed by atoms with Crippen LogP contribution in [0.1, 0.15) is 75.8 Å². The summed E-state index contributed by atoms with van der Waals surface area (Å²) in [5, 5.41) is 42.3. The van der Waals surface area contributed by atoms with Crippen molar-refractivity contribution >= 4 is 17.3 Å². The van der Waals surface area contributed by atoms with Gasteiger partial charge >= 0.3 is 0 Å². The van der Waals surface area contributed by atoms with Crippen LogP contribution in [0.25, 0.3) is 0 Å². The molecular weight excluding hydrogens is 468 g/mol. The van der Waals surface area contributed by atoms with Crippen LogP contribution in [0.4, 0.5) is 0 Å². The van der Waals surface area contributed by atoms with Gasteiger partial charge in [0.15, 0.2) is 23.6 Å². The van der Waals surface area contributed by atoms with Gasteiger partial charge in [0.1, 0.15) is 18.1 Å². The maximum atomic E-state index is 13.3. The molecule has 9 nitrogen and oxygen atoms in total. The molecule has 9 heteroatoms. The fourth-order valence-electron chi connectivity index (χ4n) is 5.69. The molecule has 0 spiro atoms. The van der Waals surface area contributed by atoms with E-state index in [4.69, 9.17) is 9.47 Å². The molecule has 1 fully saturated rings. The van der Waals surface area contributed by atoms with Crippen LogP contribution in [0, 0.1) is 11.8 Å². The highest BCUT2D eigenvalue weighted by molar-refractivity contribution is 6.30. The van der Waals surface area contributed by atoms with Crippen LogP contribution in [0.15, 0.2) is 24.3 Å². The third kappa shape index (κ3) is 3.74. The number of phenolic OH excluding ortho intramolecular Hbond substituents is 2. The smallest absolute Gasteiger partial charge is 0.198 e. The lowest BCUT2D eigenvalue weighted by Crippen LogP contribution is -2.44. The second-order valence-corrected chi connectivity index (χ2v) is 9.90. The van der Waals surface area contributed by atoms with Crippen molar-refractivity contribution in [1.82, 2.24) is 0 Å². The molecule has 190 valence electrons. The number of aromatic hydroxyl groups is 2. The maximum absolute atomic E-state index is 13.3. The first-order valence-corrected chi connectivity index (χ1v) is 12.1. The molecule has 2 aliphatic carbocycles. The molecule has 4 N–H and O–H groups in total. The van der Waals surface area contributed by atoms with E-state index >= 15 is 0 Å². The van der Waals surface area contributed by atoms with E-state index < -0.39 is 66.0 Å². The van der Waals surface area contributed by atoms with Crippen molar-refractivity contribution in [3.63, 3.8) is 0 Å². The minimum atomic E-state index is -0.967. The molecule has 0 saturated carbocycles. The Bertz CT molecular complexity index is 1250. The van der Waals surface area contributed by atoms with Gasteiger partial charge in [0, 0.05) is 34.6 Å². The lowest BCUT2D eigenvalue weighted by atomic mass is 9.74. The summed E-state index contributed by atoms with van der Waals surface area (Å²) in [6.07, 6.45) is -2.57. The first kappa shape index (κ1) is 24.6. The Morgan fingerprint density at radius 2 is 1.64 bits per heavy atom. The zero-order valence-electron chi connectivity index (χ0n) is 19.9. The molecule has 36 heavy (non-hydrogen) atoms. The third-order valence-electron chi connectivity index (χ3n) is 7.65. The van der Waals surface area contributed by atoms with E-state index in [1.165, 1.54) is 12.1 Å². The van der Waals surface area contributed by atoms with Crippen LogP contribution in [-0.4, -0.2) is 62.9 Å². The molecule has 1 saturated heterocycles. The van der Waals surface area contributed by atoms with Crippen molar-refractivity contribution < 1.29 is 44.3 Å². The van der Waals surface area contributed by atoms with E-state index in [9.17, 15) is 34.8 Å². The van der Waals surface area contributed by atoms with Crippen LogP contribution >= 0.6 is 0 Å². The van der Waals surface area contributed by atoms with E-state index in [-0.39, 0.29) is 52.1 Å². The van der Waals surface area contributed by atoms with E-state index in [2.05, 4.69) is 0 Å². The summed E-state index contributed by atoms with van der Waals surface area (Å²) >= 11 is 0. The van der Waals surface area contributed by atoms with Crippen molar-refractivity contribution in [2.45, 2.75) is 57.7 Å². The van der Waals surface area contributed by atoms with Crippen molar-refractivity contribution in [3.8, 4) is 11.5 Å². The minimum Gasteiger partial charge on any atom is -0.507 e. The summed E-state index contributed by atoms with van der Waals surface area (Å²) in [7, 11) is 0. The highest BCUT2D eigenvalue weighted by Gasteiger charge is 2.44. The summed E-state index contributed by atoms with van der Waals surface area (Å²) in [5.41, 5.74) is -0.0928. The number of carbonyl (C=O) groups excluding carboxylic acids is 3. The van der Waals surface area contributed by atoms with Gasteiger partial charge in [-0.15, -0.1) is 0 Å². The molecule has 5 rings (SSSR count). The normalized spacial score (nSPS) is 29.3. The number of Topliss-reactive ketones (excluding diaryl/α,β-unsaturated/α-hetero) is 1.